The van der Waals surface area contributed by atoms with Gasteiger partial charge in [-0.25, -0.2) is 0 Å². The zero-order chi connectivity index (χ0) is 13.7. The summed E-state index contributed by atoms with van der Waals surface area (Å²) in [6, 6.07) is 1.82. The van der Waals surface area contributed by atoms with Gasteiger partial charge in [0.25, 0.3) is 5.91 Å². The lowest BCUT2D eigenvalue weighted by Gasteiger charge is -2.25. The van der Waals surface area contributed by atoms with Gasteiger partial charge in [-0.2, -0.15) is 0 Å². The summed E-state index contributed by atoms with van der Waals surface area (Å²) in [4.78, 5) is 14.6. The van der Waals surface area contributed by atoms with Crippen LogP contribution >= 0.6 is 0 Å². The number of carbonyl (C=O) groups is 1. The van der Waals surface area contributed by atoms with Crippen molar-refractivity contribution in [1.82, 2.24) is 9.47 Å². The van der Waals surface area contributed by atoms with E-state index in [2.05, 4.69) is 6.92 Å². The zero-order valence-electron chi connectivity index (χ0n) is 11.9. The van der Waals surface area contributed by atoms with Crippen LogP contribution in [0.3, 0.4) is 0 Å². The number of anilines is 1. The standard InChI is InChI=1S/C15H25N3O/c1-2-8-18-12-13(16)11-14(18)15(19)17-9-6-4-3-5-7-10-17/h11-12H,2-10,16H2,1H3. The minimum Gasteiger partial charge on any atom is -0.397 e. The molecule has 2 N–H and O–H groups in total. The summed E-state index contributed by atoms with van der Waals surface area (Å²) in [7, 11) is 0. The lowest BCUT2D eigenvalue weighted by molar-refractivity contribution is 0.0731. The number of aromatic nitrogens is 1. The highest BCUT2D eigenvalue weighted by molar-refractivity contribution is 5.93. The third kappa shape index (κ3) is 3.52. The molecule has 0 atom stereocenters. The number of hydrogen-bond acceptors (Lipinski definition) is 2. The van der Waals surface area contributed by atoms with Crippen molar-refractivity contribution in [3.05, 3.63) is 18.0 Å². The van der Waals surface area contributed by atoms with E-state index in [-0.39, 0.29) is 5.91 Å². The van der Waals surface area contributed by atoms with E-state index in [1.54, 1.807) is 0 Å². The smallest absolute Gasteiger partial charge is 0.270 e. The Morgan fingerprint density at radius 3 is 2.47 bits per heavy atom. The van der Waals surface area contributed by atoms with Gasteiger partial charge >= 0.3 is 0 Å². The molecule has 0 aliphatic carbocycles. The first kappa shape index (κ1) is 14.0. The summed E-state index contributed by atoms with van der Waals surface area (Å²) in [6.45, 7) is 4.73. The van der Waals surface area contributed by atoms with Crippen LogP contribution in [0.4, 0.5) is 5.69 Å². The quantitative estimate of drug-likeness (QED) is 0.911. The molecule has 19 heavy (non-hydrogen) atoms. The summed E-state index contributed by atoms with van der Waals surface area (Å²) in [5.74, 6) is 0.145. The first-order chi connectivity index (χ1) is 9.22. The van der Waals surface area contributed by atoms with E-state index in [4.69, 9.17) is 5.73 Å². The van der Waals surface area contributed by atoms with Crippen LogP contribution in [0, 0.1) is 0 Å². The number of amides is 1. The van der Waals surface area contributed by atoms with Crippen LogP contribution in [0.2, 0.25) is 0 Å². The highest BCUT2D eigenvalue weighted by Crippen LogP contribution is 2.17. The maximum atomic E-state index is 12.6. The fourth-order valence-corrected chi connectivity index (χ4v) is 2.75. The first-order valence-electron chi connectivity index (χ1n) is 7.47. The van der Waals surface area contributed by atoms with Crippen LogP contribution in [0.25, 0.3) is 0 Å². The minimum atomic E-state index is 0.145. The van der Waals surface area contributed by atoms with Gasteiger partial charge in [0.05, 0.1) is 5.69 Å². The van der Waals surface area contributed by atoms with Gasteiger partial charge in [-0.05, 0) is 25.3 Å². The van der Waals surface area contributed by atoms with Crippen LogP contribution in [0.5, 0.6) is 0 Å². The second-order valence-electron chi connectivity index (χ2n) is 5.41. The molecule has 106 valence electrons. The molecule has 1 aliphatic heterocycles. The van der Waals surface area contributed by atoms with Crippen LogP contribution in [0.15, 0.2) is 12.3 Å². The van der Waals surface area contributed by atoms with Gasteiger partial charge in [-0.1, -0.05) is 26.2 Å². The van der Waals surface area contributed by atoms with Gasteiger partial charge in [-0.3, -0.25) is 4.79 Å². The molecule has 1 amide bonds. The Morgan fingerprint density at radius 2 is 1.84 bits per heavy atom. The molecule has 0 radical (unpaired) electrons. The van der Waals surface area contributed by atoms with E-state index in [1.165, 1.54) is 19.3 Å². The van der Waals surface area contributed by atoms with E-state index >= 15 is 0 Å². The van der Waals surface area contributed by atoms with Crippen molar-refractivity contribution in [2.75, 3.05) is 18.8 Å². The van der Waals surface area contributed by atoms with Gasteiger partial charge in [-0.15, -0.1) is 0 Å². The average Bonchev–Trinajstić information content (AvgIpc) is 2.70. The number of rotatable bonds is 3. The van der Waals surface area contributed by atoms with E-state index in [0.29, 0.717) is 5.69 Å². The van der Waals surface area contributed by atoms with E-state index in [1.807, 2.05) is 21.7 Å². The van der Waals surface area contributed by atoms with Gasteiger partial charge < -0.3 is 15.2 Å². The molecule has 0 spiro atoms. The SMILES string of the molecule is CCCn1cc(N)cc1C(=O)N1CCCCCCC1. The molecule has 0 bridgehead atoms. The Hall–Kier alpha value is -1.45. The first-order valence-corrected chi connectivity index (χ1v) is 7.47. The van der Waals surface area contributed by atoms with Crippen molar-refractivity contribution in [3.8, 4) is 0 Å². The number of likely N-dealkylation sites (tertiary alicyclic amines) is 1. The molecule has 1 saturated heterocycles. The van der Waals surface area contributed by atoms with E-state index in [9.17, 15) is 4.79 Å². The Balaban J connectivity index is 2.12. The van der Waals surface area contributed by atoms with Crippen LogP contribution in [-0.2, 0) is 6.54 Å². The number of nitrogen functional groups attached to an aromatic ring is 1. The normalized spacial score (nSPS) is 17.0. The molecule has 4 nitrogen and oxygen atoms in total. The van der Waals surface area contributed by atoms with Crippen LogP contribution < -0.4 is 5.73 Å². The topological polar surface area (TPSA) is 51.3 Å². The molecular weight excluding hydrogens is 238 g/mol. The summed E-state index contributed by atoms with van der Waals surface area (Å²) >= 11 is 0. The van der Waals surface area contributed by atoms with Crippen molar-refractivity contribution in [2.24, 2.45) is 0 Å². The number of hydrogen-bond donors (Lipinski definition) is 1. The van der Waals surface area contributed by atoms with Gasteiger partial charge in [0.2, 0.25) is 0 Å². The van der Waals surface area contributed by atoms with Crippen molar-refractivity contribution in [3.63, 3.8) is 0 Å². The molecule has 0 unspecified atom stereocenters. The Bertz CT molecular complexity index is 417. The Morgan fingerprint density at radius 1 is 1.21 bits per heavy atom. The van der Waals surface area contributed by atoms with Crippen molar-refractivity contribution < 1.29 is 4.79 Å². The Kier molecular flexibility index (Phi) is 4.88. The minimum absolute atomic E-state index is 0.145. The fourth-order valence-electron chi connectivity index (χ4n) is 2.75. The predicted octanol–water partition coefficient (Wildman–Crippen LogP) is 2.89. The third-order valence-corrected chi connectivity index (χ3v) is 3.74. The monoisotopic (exact) mass is 263 g/mol. The summed E-state index contributed by atoms with van der Waals surface area (Å²) in [5.41, 5.74) is 7.28. The largest absolute Gasteiger partial charge is 0.397 e. The number of nitrogens with two attached hydrogens (primary N) is 1. The predicted molar refractivity (Wildman–Crippen MR) is 78.1 cm³/mol. The van der Waals surface area contributed by atoms with E-state index < -0.39 is 0 Å². The molecule has 1 aliphatic rings. The molecule has 1 aromatic heterocycles. The van der Waals surface area contributed by atoms with Crippen molar-refractivity contribution >= 4 is 11.6 Å². The Labute approximate surface area is 115 Å². The number of aryl methyl sites for hydroxylation is 1. The summed E-state index contributed by atoms with van der Waals surface area (Å²) in [5, 5.41) is 0. The van der Waals surface area contributed by atoms with Crippen LogP contribution in [-0.4, -0.2) is 28.5 Å². The third-order valence-electron chi connectivity index (χ3n) is 3.74. The summed E-state index contributed by atoms with van der Waals surface area (Å²) in [6.07, 6.45) is 8.91. The molecule has 4 heteroatoms. The molecule has 2 rings (SSSR count). The zero-order valence-corrected chi connectivity index (χ0v) is 11.9. The molecule has 0 aromatic carbocycles. The average molecular weight is 263 g/mol. The van der Waals surface area contributed by atoms with Gasteiger partial charge in [0.15, 0.2) is 0 Å². The van der Waals surface area contributed by atoms with Gasteiger partial charge in [0.1, 0.15) is 5.69 Å². The lowest BCUT2D eigenvalue weighted by Crippen LogP contribution is -2.35. The van der Waals surface area contributed by atoms with E-state index in [0.717, 1.165) is 44.6 Å². The molecular formula is C15H25N3O. The molecule has 1 aromatic rings. The van der Waals surface area contributed by atoms with Crippen LogP contribution in [0.1, 0.15) is 55.9 Å². The molecule has 2 heterocycles. The number of nitrogens with zero attached hydrogens (tertiary/aromatic N) is 2. The fraction of sp³-hybridized carbons (Fsp3) is 0.667. The summed E-state index contributed by atoms with van der Waals surface area (Å²) < 4.78 is 2.00. The highest BCUT2D eigenvalue weighted by Gasteiger charge is 2.20. The van der Waals surface area contributed by atoms with Gasteiger partial charge in [0, 0.05) is 25.8 Å². The van der Waals surface area contributed by atoms with Crippen molar-refractivity contribution in [1.29, 1.82) is 0 Å². The second kappa shape index (κ2) is 6.64. The lowest BCUT2D eigenvalue weighted by atomic mass is 10.1. The maximum absolute atomic E-state index is 12.6. The molecule has 1 fully saturated rings. The highest BCUT2D eigenvalue weighted by atomic mass is 16.2. The maximum Gasteiger partial charge on any atom is 0.270 e. The molecule has 0 saturated carbocycles. The van der Waals surface area contributed by atoms with Crippen molar-refractivity contribution in [2.45, 2.75) is 52.0 Å². The second-order valence-corrected chi connectivity index (χ2v) is 5.41. The number of carbonyl (C=O) groups excluding carboxylic acids is 1.